The Morgan fingerprint density at radius 3 is 2.46 bits per heavy atom. The van der Waals surface area contributed by atoms with Gasteiger partial charge in [-0.2, -0.15) is 0 Å². The van der Waals surface area contributed by atoms with Crippen LogP contribution in [0.2, 0.25) is 18.1 Å². The Labute approximate surface area is 147 Å². The number of piperidine rings is 1. The maximum absolute atomic E-state index is 12.7. The molecule has 0 saturated carbocycles. The number of carbonyl (C=O) groups is 1. The molecule has 4 unspecified atom stereocenters. The van der Waals surface area contributed by atoms with Crippen molar-refractivity contribution < 1.29 is 9.22 Å². The average molecular weight is 346 g/mol. The molecule has 2 fully saturated rings. The average Bonchev–Trinajstić information content (AvgIpc) is 2.81. The van der Waals surface area contributed by atoms with Gasteiger partial charge in [0.15, 0.2) is 8.32 Å². The highest BCUT2D eigenvalue weighted by Crippen LogP contribution is 2.41. The summed E-state index contributed by atoms with van der Waals surface area (Å²) in [6.07, 6.45) is 2.63. The molecule has 2 heterocycles. The lowest BCUT2D eigenvalue weighted by Crippen LogP contribution is -2.50. The number of hydrogen-bond donors (Lipinski definition) is 1. The quantitative estimate of drug-likeness (QED) is 0.840. The van der Waals surface area contributed by atoms with E-state index in [2.05, 4.69) is 63.4 Å². The van der Waals surface area contributed by atoms with Gasteiger partial charge in [0.05, 0.1) is 6.10 Å². The minimum atomic E-state index is -1.80. The monoisotopic (exact) mass is 345 g/mol. The Morgan fingerprint density at radius 2 is 1.83 bits per heavy atom. The van der Waals surface area contributed by atoms with Crippen LogP contribution < -0.4 is 5.32 Å². The van der Waals surface area contributed by atoms with Crippen molar-refractivity contribution in [3.8, 4) is 0 Å². The highest BCUT2D eigenvalue weighted by Gasteiger charge is 2.49. The molecule has 0 spiro atoms. The van der Waals surface area contributed by atoms with E-state index in [1.54, 1.807) is 0 Å². The second kappa shape index (κ2) is 6.39. The predicted octanol–water partition coefficient (Wildman–Crippen LogP) is 3.94. The summed E-state index contributed by atoms with van der Waals surface area (Å²) in [6, 6.07) is 10.9. The van der Waals surface area contributed by atoms with Crippen molar-refractivity contribution in [1.29, 1.82) is 0 Å². The lowest BCUT2D eigenvalue weighted by atomic mass is 9.85. The number of rotatable bonds is 4. The molecule has 0 aliphatic carbocycles. The standard InChI is InChI=1S/C20H31NO2Si/c1-20(2,3)24(4,5)23-19-13-16-15(18(22)12-17(19)21-16)11-14-9-7-6-8-10-14/h6-10,15-17,19,21H,11-13H2,1-5H3. The molecule has 2 bridgehead atoms. The third-order valence-electron chi connectivity index (χ3n) is 6.23. The topological polar surface area (TPSA) is 38.3 Å². The molecule has 1 aromatic carbocycles. The van der Waals surface area contributed by atoms with E-state index in [9.17, 15) is 4.79 Å². The minimum absolute atomic E-state index is 0.0941. The number of benzene rings is 1. The lowest BCUT2D eigenvalue weighted by Gasteiger charge is -2.39. The third kappa shape index (κ3) is 3.51. The molecule has 24 heavy (non-hydrogen) atoms. The van der Waals surface area contributed by atoms with Crippen LogP contribution in [-0.4, -0.2) is 32.3 Å². The normalized spacial score (nSPS) is 30.6. The molecule has 3 nitrogen and oxygen atoms in total. The summed E-state index contributed by atoms with van der Waals surface area (Å²) in [5, 5.41) is 3.90. The van der Waals surface area contributed by atoms with Crippen LogP contribution in [0.3, 0.4) is 0 Å². The van der Waals surface area contributed by atoms with E-state index in [1.165, 1.54) is 5.56 Å². The molecule has 1 aromatic rings. The molecule has 0 amide bonds. The fraction of sp³-hybridized carbons (Fsp3) is 0.650. The second-order valence-electron chi connectivity index (χ2n) is 9.00. The van der Waals surface area contributed by atoms with Gasteiger partial charge in [-0.15, -0.1) is 0 Å². The number of ketones is 1. The maximum Gasteiger partial charge on any atom is 0.192 e. The summed E-state index contributed by atoms with van der Waals surface area (Å²) in [7, 11) is -1.80. The molecule has 0 radical (unpaired) electrons. The summed E-state index contributed by atoms with van der Waals surface area (Å²) in [5.41, 5.74) is 1.25. The molecule has 1 N–H and O–H groups in total. The molecule has 0 aromatic heterocycles. The Kier molecular flexibility index (Phi) is 4.75. The number of Topliss-reactive ketones (excluding diaryl/α,β-unsaturated/α-hetero) is 1. The summed E-state index contributed by atoms with van der Waals surface area (Å²) in [4.78, 5) is 12.7. The second-order valence-corrected chi connectivity index (χ2v) is 13.8. The van der Waals surface area contributed by atoms with Crippen LogP contribution in [0.1, 0.15) is 39.2 Å². The van der Waals surface area contributed by atoms with Crippen LogP contribution in [0.15, 0.2) is 30.3 Å². The Hall–Kier alpha value is -0.973. The Balaban J connectivity index is 1.70. The van der Waals surface area contributed by atoms with Gasteiger partial charge in [0, 0.05) is 24.4 Å². The van der Waals surface area contributed by atoms with Crippen molar-refractivity contribution in [2.24, 2.45) is 5.92 Å². The SMILES string of the molecule is CC(C)(C)[Si](C)(C)OC1CC2NC1CC(=O)C2Cc1ccccc1. The fourth-order valence-corrected chi connectivity index (χ4v) is 5.11. The molecular formula is C20H31NO2Si. The zero-order chi connectivity index (χ0) is 17.5. The highest BCUT2D eigenvalue weighted by atomic mass is 28.4. The molecule has 4 heteroatoms. The van der Waals surface area contributed by atoms with Gasteiger partial charge in [-0.25, -0.2) is 0 Å². The van der Waals surface area contributed by atoms with Crippen LogP contribution in [-0.2, 0) is 15.6 Å². The van der Waals surface area contributed by atoms with Gasteiger partial charge in [-0.05, 0) is 36.5 Å². The number of fused-ring (bicyclic) bond motifs is 2. The molecule has 2 saturated heterocycles. The van der Waals surface area contributed by atoms with Gasteiger partial charge in [0.2, 0.25) is 0 Å². The van der Waals surface area contributed by atoms with Crippen LogP contribution in [0.5, 0.6) is 0 Å². The first kappa shape index (κ1) is 17.8. The van der Waals surface area contributed by atoms with E-state index in [-0.39, 0.29) is 29.1 Å². The first-order valence-corrected chi connectivity index (χ1v) is 12.1. The first-order chi connectivity index (χ1) is 11.2. The van der Waals surface area contributed by atoms with Crippen LogP contribution >= 0.6 is 0 Å². The van der Waals surface area contributed by atoms with Crippen molar-refractivity contribution >= 4 is 14.1 Å². The zero-order valence-electron chi connectivity index (χ0n) is 15.6. The van der Waals surface area contributed by atoms with Gasteiger partial charge in [0.1, 0.15) is 5.78 Å². The lowest BCUT2D eigenvalue weighted by molar-refractivity contribution is -0.125. The zero-order valence-corrected chi connectivity index (χ0v) is 16.6. The largest absolute Gasteiger partial charge is 0.412 e. The van der Waals surface area contributed by atoms with Crippen molar-refractivity contribution in [2.45, 2.75) is 76.4 Å². The Morgan fingerprint density at radius 1 is 1.17 bits per heavy atom. The van der Waals surface area contributed by atoms with Gasteiger partial charge < -0.3 is 9.74 Å². The van der Waals surface area contributed by atoms with Crippen molar-refractivity contribution in [3.05, 3.63) is 35.9 Å². The summed E-state index contributed by atoms with van der Waals surface area (Å²) in [6.45, 7) is 11.4. The number of hydrogen-bond acceptors (Lipinski definition) is 3. The van der Waals surface area contributed by atoms with Gasteiger partial charge in [-0.3, -0.25) is 4.79 Å². The van der Waals surface area contributed by atoms with E-state index in [1.807, 2.05) is 6.07 Å². The predicted molar refractivity (Wildman–Crippen MR) is 101 cm³/mol. The first-order valence-electron chi connectivity index (χ1n) is 9.18. The number of nitrogens with one attached hydrogen (secondary N) is 1. The Bertz CT molecular complexity index is 593. The summed E-state index contributed by atoms with van der Waals surface area (Å²) >= 11 is 0. The molecule has 3 rings (SSSR count). The van der Waals surface area contributed by atoms with E-state index in [4.69, 9.17) is 4.43 Å². The van der Waals surface area contributed by atoms with E-state index < -0.39 is 8.32 Å². The highest BCUT2D eigenvalue weighted by molar-refractivity contribution is 6.74. The fourth-order valence-electron chi connectivity index (χ4n) is 3.74. The van der Waals surface area contributed by atoms with E-state index >= 15 is 0 Å². The third-order valence-corrected chi connectivity index (χ3v) is 10.7. The van der Waals surface area contributed by atoms with Crippen molar-refractivity contribution in [3.63, 3.8) is 0 Å². The molecule has 132 valence electrons. The van der Waals surface area contributed by atoms with Gasteiger partial charge in [-0.1, -0.05) is 51.1 Å². The van der Waals surface area contributed by atoms with Gasteiger partial charge >= 0.3 is 0 Å². The van der Waals surface area contributed by atoms with Crippen LogP contribution in [0.25, 0.3) is 0 Å². The van der Waals surface area contributed by atoms with Gasteiger partial charge in [0.25, 0.3) is 0 Å². The van der Waals surface area contributed by atoms with Crippen LogP contribution in [0, 0.1) is 5.92 Å². The molecular weight excluding hydrogens is 314 g/mol. The van der Waals surface area contributed by atoms with Crippen LogP contribution in [0.4, 0.5) is 0 Å². The van der Waals surface area contributed by atoms with Crippen molar-refractivity contribution in [2.75, 3.05) is 0 Å². The summed E-state index contributed by atoms with van der Waals surface area (Å²) in [5.74, 6) is 0.505. The van der Waals surface area contributed by atoms with E-state index in [0.717, 1.165) is 12.8 Å². The molecule has 2 aliphatic rings. The minimum Gasteiger partial charge on any atom is -0.412 e. The van der Waals surface area contributed by atoms with Crippen molar-refractivity contribution in [1.82, 2.24) is 5.32 Å². The molecule has 4 atom stereocenters. The maximum atomic E-state index is 12.7. The smallest absolute Gasteiger partial charge is 0.192 e. The summed E-state index contributed by atoms with van der Waals surface area (Å²) < 4.78 is 6.65. The molecule has 2 aliphatic heterocycles. The number of carbonyl (C=O) groups excluding carboxylic acids is 1. The van der Waals surface area contributed by atoms with E-state index in [0.29, 0.717) is 12.2 Å².